The molecule has 1 aromatic heterocycles. The minimum atomic E-state index is -4.53. The Hall–Kier alpha value is -2.68. The second kappa shape index (κ2) is 7.51. The Labute approximate surface area is 155 Å². The van der Waals surface area contributed by atoms with Gasteiger partial charge in [-0.2, -0.15) is 13.2 Å². The van der Waals surface area contributed by atoms with Gasteiger partial charge in [0.15, 0.2) is 0 Å². The molecule has 0 atom stereocenters. The lowest BCUT2D eigenvalue weighted by Gasteiger charge is -2.34. The lowest BCUT2D eigenvalue weighted by atomic mass is 10.2. The summed E-state index contributed by atoms with van der Waals surface area (Å²) in [7, 11) is 3.64. The highest BCUT2D eigenvalue weighted by atomic mass is 19.4. The third-order valence-electron chi connectivity index (χ3n) is 4.56. The van der Waals surface area contributed by atoms with Gasteiger partial charge >= 0.3 is 6.18 Å². The Balaban J connectivity index is 1.80. The highest BCUT2D eigenvalue weighted by molar-refractivity contribution is 5.70. The van der Waals surface area contributed by atoms with Gasteiger partial charge < -0.3 is 25.6 Å². The lowest BCUT2D eigenvalue weighted by Crippen LogP contribution is -2.44. The molecule has 9 heteroatoms. The number of aromatic nitrogens is 1. The monoisotopic (exact) mass is 381 g/mol. The Kier molecular flexibility index (Phi) is 5.31. The van der Waals surface area contributed by atoms with Crippen LogP contribution in [0.5, 0.6) is 5.75 Å². The molecule has 0 saturated carbocycles. The summed E-state index contributed by atoms with van der Waals surface area (Å²) in [4.78, 5) is 8.35. The van der Waals surface area contributed by atoms with E-state index >= 15 is 0 Å². The highest BCUT2D eigenvalue weighted by Gasteiger charge is 2.33. The third-order valence-corrected chi connectivity index (χ3v) is 4.56. The summed E-state index contributed by atoms with van der Waals surface area (Å²) in [5, 5.41) is 2.97. The predicted octanol–water partition coefficient (Wildman–Crippen LogP) is 3.19. The van der Waals surface area contributed by atoms with Crippen molar-refractivity contribution in [3.8, 4) is 5.75 Å². The quantitative estimate of drug-likeness (QED) is 0.848. The van der Waals surface area contributed by atoms with Crippen LogP contribution in [0.3, 0.4) is 0 Å². The zero-order valence-electron chi connectivity index (χ0n) is 15.2. The molecule has 1 fully saturated rings. The van der Waals surface area contributed by atoms with Crippen LogP contribution < -0.4 is 20.7 Å². The first-order valence-corrected chi connectivity index (χ1v) is 8.49. The summed E-state index contributed by atoms with van der Waals surface area (Å²) in [6.45, 7) is 3.81. The zero-order valence-corrected chi connectivity index (χ0v) is 15.2. The average Bonchev–Trinajstić information content (AvgIpc) is 2.62. The normalized spacial score (nSPS) is 15.7. The Bertz CT molecular complexity index is 804. The molecule has 1 saturated heterocycles. The van der Waals surface area contributed by atoms with Crippen LogP contribution in [0.15, 0.2) is 30.5 Å². The number of pyridine rings is 1. The number of nitrogen functional groups attached to an aromatic ring is 1. The van der Waals surface area contributed by atoms with Gasteiger partial charge in [-0.15, -0.1) is 0 Å². The van der Waals surface area contributed by atoms with Gasteiger partial charge in [-0.1, -0.05) is 0 Å². The molecule has 2 heterocycles. The van der Waals surface area contributed by atoms with E-state index in [0.717, 1.165) is 44.1 Å². The minimum Gasteiger partial charge on any atom is -0.494 e. The predicted molar refractivity (Wildman–Crippen MR) is 99.6 cm³/mol. The van der Waals surface area contributed by atoms with Crippen molar-refractivity contribution in [3.05, 3.63) is 36.0 Å². The standard InChI is InChI=1S/C18H22F3N5O/c1-25-5-7-26(8-6-25)12-3-4-15(16(9-12)27-2)24-17-10-14(22)13(11-23-17)18(19,20)21/h3-4,9-11H,5-8H2,1-2H3,(H3,22,23,24). The van der Waals surface area contributed by atoms with Crippen LogP contribution in [0.2, 0.25) is 0 Å². The summed E-state index contributed by atoms with van der Waals surface area (Å²) in [6, 6.07) is 6.84. The molecule has 3 N–H and O–H groups in total. The molecule has 0 amide bonds. The first kappa shape index (κ1) is 19.1. The molecule has 2 aromatic rings. The molecule has 0 radical (unpaired) electrons. The van der Waals surface area contributed by atoms with Crippen molar-refractivity contribution < 1.29 is 17.9 Å². The number of methoxy groups -OCH3 is 1. The number of benzene rings is 1. The number of hydrogen-bond acceptors (Lipinski definition) is 6. The number of nitrogens with zero attached hydrogens (tertiary/aromatic N) is 3. The topological polar surface area (TPSA) is 66.7 Å². The largest absolute Gasteiger partial charge is 0.494 e. The van der Waals surface area contributed by atoms with Gasteiger partial charge in [0.05, 0.1) is 18.4 Å². The second-order valence-electron chi connectivity index (χ2n) is 6.45. The van der Waals surface area contributed by atoms with E-state index in [1.165, 1.54) is 0 Å². The number of piperazine rings is 1. The molecule has 1 aliphatic heterocycles. The fraction of sp³-hybridized carbons (Fsp3) is 0.389. The molecule has 0 bridgehead atoms. The van der Waals surface area contributed by atoms with E-state index in [0.29, 0.717) is 11.4 Å². The molecule has 0 spiro atoms. The number of rotatable bonds is 4. The summed E-state index contributed by atoms with van der Waals surface area (Å²) < 4.78 is 43.8. The van der Waals surface area contributed by atoms with Crippen LogP contribution in [0, 0.1) is 0 Å². The van der Waals surface area contributed by atoms with Crippen LogP contribution in [-0.4, -0.2) is 50.2 Å². The van der Waals surface area contributed by atoms with Gasteiger partial charge in [0.25, 0.3) is 0 Å². The van der Waals surface area contributed by atoms with Crippen molar-refractivity contribution in [2.45, 2.75) is 6.18 Å². The molecule has 3 rings (SSSR count). The molecule has 0 aliphatic carbocycles. The molecule has 0 unspecified atom stereocenters. The maximum absolute atomic E-state index is 12.8. The van der Waals surface area contributed by atoms with Crippen molar-refractivity contribution >= 4 is 22.9 Å². The molecule has 27 heavy (non-hydrogen) atoms. The van der Waals surface area contributed by atoms with Gasteiger partial charge in [0.2, 0.25) is 0 Å². The van der Waals surface area contributed by atoms with E-state index in [9.17, 15) is 13.2 Å². The van der Waals surface area contributed by atoms with E-state index in [1.807, 2.05) is 18.2 Å². The number of hydrogen-bond donors (Lipinski definition) is 2. The van der Waals surface area contributed by atoms with Crippen LogP contribution in [0.4, 0.5) is 36.1 Å². The van der Waals surface area contributed by atoms with Gasteiger partial charge in [-0.25, -0.2) is 4.98 Å². The summed E-state index contributed by atoms with van der Waals surface area (Å²) in [5.74, 6) is 0.790. The third kappa shape index (κ3) is 4.36. The maximum atomic E-state index is 12.8. The highest BCUT2D eigenvalue weighted by Crippen LogP contribution is 2.36. The van der Waals surface area contributed by atoms with Crippen molar-refractivity contribution in [1.82, 2.24) is 9.88 Å². The Morgan fingerprint density at radius 3 is 2.44 bits per heavy atom. The molecular formula is C18H22F3N5O. The summed E-state index contributed by atoms with van der Waals surface area (Å²) in [6.07, 6.45) is -3.81. The average molecular weight is 381 g/mol. The minimum absolute atomic E-state index is 0.214. The fourth-order valence-corrected chi connectivity index (χ4v) is 2.96. The van der Waals surface area contributed by atoms with Crippen LogP contribution in [0.25, 0.3) is 0 Å². The number of alkyl halides is 3. The van der Waals surface area contributed by atoms with Crippen molar-refractivity contribution in [2.75, 3.05) is 56.3 Å². The van der Waals surface area contributed by atoms with Gasteiger partial charge in [0.1, 0.15) is 11.6 Å². The number of nitrogens with one attached hydrogen (secondary N) is 1. The van der Waals surface area contributed by atoms with Crippen LogP contribution in [-0.2, 0) is 6.18 Å². The number of halogens is 3. The molecule has 6 nitrogen and oxygen atoms in total. The van der Waals surface area contributed by atoms with Crippen molar-refractivity contribution in [1.29, 1.82) is 0 Å². The number of likely N-dealkylation sites (N-methyl/N-ethyl adjacent to an activating group) is 1. The number of anilines is 4. The number of ether oxygens (including phenoxy) is 1. The SMILES string of the molecule is COc1cc(N2CCN(C)CC2)ccc1Nc1cc(N)c(C(F)(F)F)cn1. The molecule has 1 aliphatic rings. The number of nitrogens with two attached hydrogens (primary N) is 1. The molecular weight excluding hydrogens is 359 g/mol. The molecule has 1 aromatic carbocycles. The summed E-state index contributed by atoms with van der Waals surface area (Å²) in [5.41, 5.74) is 5.82. The van der Waals surface area contributed by atoms with Gasteiger partial charge in [-0.05, 0) is 19.2 Å². The Morgan fingerprint density at radius 2 is 1.85 bits per heavy atom. The van der Waals surface area contributed by atoms with Crippen LogP contribution >= 0.6 is 0 Å². The zero-order chi connectivity index (χ0) is 19.6. The second-order valence-corrected chi connectivity index (χ2v) is 6.45. The van der Waals surface area contributed by atoms with E-state index < -0.39 is 11.7 Å². The fourth-order valence-electron chi connectivity index (χ4n) is 2.96. The van der Waals surface area contributed by atoms with Crippen molar-refractivity contribution in [2.24, 2.45) is 0 Å². The van der Waals surface area contributed by atoms with Crippen LogP contribution in [0.1, 0.15) is 5.56 Å². The van der Waals surface area contributed by atoms with Gasteiger partial charge in [-0.3, -0.25) is 0 Å². The van der Waals surface area contributed by atoms with Crippen molar-refractivity contribution in [3.63, 3.8) is 0 Å². The van der Waals surface area contributed by atoms with E-state index in [2.05, 4.69) is 27.1 Å². The van der Waals surface area contributed by atoms with E-state index in [-0.39, 0.29) is 11.5 Å². The van der Waals surface area contributed by atoms with E-state index in [1.54, 1.807) is 7.11 Å². The van der Waals surface area contributed by atoms with Gasteiger partial charge in [0, 0.05) is 55.9 Å². The smallest absolute Gasteiger partial charge is 0.419 e. The Morgan fingerprint density at radius 1 is 1.15 bits per heavy atom. The first-order valence-electron chi connectivity index (χ1n) is 8.49. The first-order chi connectivity index (χ1) is 12.8. The summed E-state index contributed by atoms with van der Waals surface area (Å²) >= 11 is 0. The maximum Gasteiger partial charge on any atom is 0.419 e. The van der Waals surface area contributed by atoms with E-state index in [4.69, 9.17) is 10.5 Å². The molecule has 146 valence electrons. The lowest BCUT2D eigenvalue weighted by molar-refractivity contribution is -0.137.